The summed E-state index contributed by atoms with van der Waals surface area (Å²) in [5, 5.41) is 0. The average molecular weight is 554 g/mol. The molecule has 0 aliphatic heterocycles. The van der Waals surface area contributed by atoms with Crippen molar-refractivity contribution in [2.45, 2.75) is 90.7 Å². The average Bonchev–Trinajstić information content (AvgIpc) is 2.82. The zero-order chi connectivity index (χ0) is 26.9. The van der Waals surface area contributed by atoms with Crippen LogP contribution in [0, 0.1) is 0 Å². The summed E-state index contributed by atoms with van der Waals surface area (Å²) in [6, 6.07) is 6.35. The van der Waals surface area contributed by atoms with E-state index in [-0.39, 0.29) is 30.7 Å². The first kappa shape index (κ1) is 32.4. The molecule has 0 spiro atoms. The van der Waals surface area contributed by atoms with Crippen molar-refractivity contribution < 1.29 is 35.4 Å². The van der Waals surface area contributed by atoms with E-state index in [1.807, 2.05) is 0 Å². The molecule has 1 unspecified atom stereocenters. The van der Waals surface area contributed by atoms with Crippen molar-refractivity contribution in [1.82, 2.24) is 0 Å². The van der Waals surface area contributed by atoms with Gasteiger partial charge in [-0.25, -0.2) is 12.9 Å². The lowest BCUT2D eigenvalue weighted by Gasteiger charge is -2.09. The van der Waals surface area contributed by atoms with E-state index in [9.17, 15) is 26.2 Å². The normalized spacial score (nSPS) is 13.0. The monoisotopic (exact) mass is 553 g/mol. The molecule has 0 N–H and O–H groups in total. The maximum Gasteiger partial charge on any atom is 0.555 e. The molecule has 206 valence electrons. The molecule has 5 nitrogen and oxygen atoms in total. The lowest BCUT2D eigenvalue weighted by Crippen LogP contribution is -2.17. The summed E-state index contributed by atoms with van der Waals surface area (Å²) in [6.07, 6.45) is 7.50. The Bertz CT molecular complexity index is 884. The molecule has 10 heteroatoms. The molecular formula is C26H41F3O5PS+. The predicted octanol–water partition coefficient (Wildman–Crippen LogP) is 8.17. The van der Waals surface area contributed by atoms with Gasteiger partial charge in [-0.05, 0) is 48.1 Å². The summed E-state index contributed by atoms with van der Waals surface area (Å²) in [7, 11) is -5.59. The number of allylic oxidation sites excluding steroid dienone is 2. The number of unbranched alkanes of at least 4 members (excludes halogenated alkanes) is 9. The highest BCUT2D eigenvalue weighted by molar-refractivity contribution is 7.91. The number of rotatable bonds is 20. The lowest BCUT2D eigenvalue weighted by molar-refractivity contribution is -0.115. The Kier molecular flexibility index (Phi) is 16.0. The zero-order valence-electron chi connectivity index (χ0n) is 21.5. The maximum absolute atomic E-state index is 13.0. The van der Waals surface area contributed by atoms with E-state index in [0.29, 0.717) is 17.7 Å². The van der Waals surface area contributed by atoms with Gasteiger partial charge in [-0.15, -0.1) is 0 Å². The van der Waals surface area contributed by atoms with E-state index in [0.717, 1.165) is 25.3 Å². The molecule has 0 saturated carbocycles. The Morgan fingerprint density at radius 3 is 1.97 bits per heavy atom. The molecule has 36 heavy (non-hydrogen) atoms. The smallest absolute Gasteiger partial charge is 0.493 e. The molecule has 0 bridgehead atoms. The van der Waals surface area contributed by atoms with Crippen LogP contribution in [0.1, 0.15) is 83.6 Å². The number of benzene rings is 1. The minimum atomic E-state index is -4.72. The van der Waals surface area contributed by atoms with Crippen molar-refractivity contribution in [3.63, 3.8) is 0 Å². The first-order chi connectivity index (χ1) is 17.1. The summed E-state index contributed by atoms with van der Waals surface area (Å²) in [5.41, 5.74) is 0.577. The Morgan fingerprint density at radius 2 is 1.44 bits per heavy atom. The molecule has 1 atom stereocenters. The van der Waals surface area contributed by atoms with Gasteiger partial charge in [-0.1, -0.05) is 76.8 Å². The van der Waals surface area contributed by atoms with E-state index >= 15 is 0 Å². The second-order valence-electron chi connectivity index (χ2n) is 8.84. The van der Waals surface area contributed by atoms with Crippen LogP contribution >= 0.6 is 8.03 Å². The number of ether oxygens (including phenoxy) is 1. The van der Waals surface area contributed by atoms with E-state index in [1.165, 1.54) is 45.4 Å². The van der Waals surface area contributed by atoms with E-state index < -0.39 is 29.8 Å². The number of alkyl halides is 3. The minimum absolute atomic E-state index is 0.0102. The second kappa shape index (κ2) is 17.8. The molecule has 1 aromatic rings. The van der Waals surface area contributed by atoms with Crippen LogP contribution in [0.3, 0.4) is 0 Å². The summed E-state index contributed by atoms with van der Waals surface area (Å²) < 4.78 is 84.9. The Hall–Kier alpha value is -1.60. The summed E-state index contributed by atoms with van der Waals surface area (Å²) in [4.78, 5) is 0. The van der Waals surface area contributed by atoms with Gasteiger partial charge in [-0.2, -0.15) is 13.2 Å². The molecule has 0 amide bonds. The third-order valence-electron chi connectivity index (χ3n) is 5.66. The maximum atomic E-state index is 13.0. The number of sulfone groups is 1. The molecule has 0 heterocycles. The van der Waals surface area contributed by atoms with Crippen LogP contribution in [0.25, 0.3) is 0 Å². The van der Waals surface area contributed by atoms with E-state index in [4.69, 9.17) is 4.74 Å². The van der Waals surface area contributed by atoms with Crippen LogP contribution in [-0.2, 0) is 25.3 Å². The van der Waals surface area contributed by atoms with Crippen molar-refractivity contribution in [1.29, 1.82) is 0 Å². The van der Waals surface area contributed by atoms with Gasteiger partial charge in [0.1, 0.15) is 12.4 Å². The van der Waals surface area contributed by atoms with Gasteiger partial charge in [0.2, 0.25) is 0 Å². The fraction of sp³-hybridized carbons (Fsp3) is 0.692. The van der Waals surface area contributed by atoms with Gasteiger partial charge < -0.3 is 4.74 Å². The van der Waals surface area contributed by atoms with Crippen LogP contribution in [0.5, 0.6) is 5.75 Å². The van der Waals surface area contributed by atoms with Crippen molar-refractivity contribution in [2.75, 3.05) is 24.3 Å². The van der Waals surface area contributed by atoms with Crippen LogP contribution in [-0.4, -0.2) is 38.9 Å². The Morgan fingerprint density at radius 1 is 0.889 bits per heavy atom. The fourth-order valence-corrected chi connectivity index (χ4v) is 5.22. The first-order valence-corrected chi connectivity index (χ1v) is 16.1. The number of halogens is 3. The molecule has 0 aliphatic carbocycles. The Balaban J connectivity index is 2.32. The highest BCUT2D eigenvalue weighted by Gasteiger charge is 2.41. The van der Waals surface area contributed by atoms with Gasteiger partial charge in [0.05, 0.1) is 11.5 Å². The number of hydrogen-bond acceptors (Lipinski definition) is 5. The van der Waals surface area contributed by atoms with Crippen LogP contribution in [0.2, 0.25) is 0 Å². The largest absolute Gasteiger partial charge is 0.555 e. The van der Waals surface area contributed by atoms with Gasteiger partial charge in [0, 0.05) is 0 Å². The molecule has 1 rings (SSSR count). The molecule has 0 radical (unpaired) electrons. The topological polar surface area (TPSA) is 69.7 Å². The quantitative estimate of drug-likeness (QED) is 0.0925. The highest BCUT2D eigenvalue weighted by atomic mass is 32.2. The third kappa shape index (κ3) is 15.5. The third-order valence-corrected chi connectivity index (χ3v) is 8.27. The molecule has 0 aromatic heterocycles. The minimum Gasteiger partial charge on any atom is -0.493 e. The standard InChI is InChI=1S/C26H41F3O5PS/c1-3-5-6-7-8-9-10-11-12-13-21-36(31,32)22-20-33-24-17-14-23(15-18-24)16-19-25(26(27,28)29)34-35(30)4-2/h14-15,17-19H,3-13,16,20-22H2,1-2H3/q+1/b25-19-. The summed E-state index contributed by atoms with van der Waals surface area (Å²) in [5.74, 6) is -0.737. The summed E-state index contributed by atoms with van der Waals surface area (Å²) >= 11 is 0. The van der Waals surface area contributed by atoms with Gasteiger partial charge in [0.25, 0.3) is 5.76 Å². The van der Waals surface area contributed by atoms with Crippen molar-refractivity contribution in [3.8, 4) is 5.75 Å². The van der Waals surface area contributed by atoms with Crippen LogP contribution < -0.4 is 4.74 Å². The predicted molar refractivity (Wildman–Crippen MR) is 140 cm³/mol. The van der Waals surface area contributed by atoms with Gasteiger partial charge >= 0.3 is 14.2 Å². The van der Waals surface area contributed by atoms with Crippen LogP contribution in [0.15, 0.2) is 36.1 Å². The molecule has 0 fully saturated rings. The highest BCUT2D eigenvalue weighted by Crippen LogP contribution is 2.35. The summed E-state index contributed by atoms with van der Waals surface area (Å²) in [6.45, 7) is 3.71. The number of hydrogen-bond donors (Lipinski definition) is 0. The first-order valence-electron chi connectivity index (χ1n) is 12.9. The molecule has 1 aromatic carbocycles. The van der Waals surface area contributed by atoms with Crippen LogP contribution in [0.4, 0.5) is 13.2 Å². The molecule has 0 aliphatic rings. The zero-order valence-corrected chi connectivity index (χ0v) is 23.2. The van der Waals surface area contributed by atoms with E-state index in [1.54, 1.807) is 24.3 Å². The SMILES string of the molecule is CCCCCCCCCCCCS(=O)(=O)CCOc1ccc(C/C=C(\O[P+](=O)CC)C(F)(F)F)cc1. The molecular weight excluding hydrogens is 512 g/mol. The van der Waals surface area contributed by atoms with Gasteiger partial charge in [0.15, 0.2) is 16.0 Å². The lowest BCUT2D eigenvalue weighted by atomic mass is 10.1. The van der Waals surface area contributed by atoms with E-state index in [2.05, 4.69) is 11.4 Å². The van der Waals surface area contributed by atoms with Crippen molar-refractivity contribution in [2.24, 2.45) is 0 Å². The van der Waals surface area contributed by atoms with Crippen molar-refractivity contribution in [3.05, 3.63) is 41.7 Å². The van der Waals surface area contributed by atoms with Crippen molar-refractivity contribution >= 4 is 17.9 Å². The van der Waals surface area contributed by atoms with Gasteiger partial charge in [-0.3, -0.25) is 0 Å². The fourth-order valence-electron chi connectivity index (χ4n) is 3.51. The Labute approximate surface area is 215 Å². The molecule has 0 saturated heterocycles. The second-order valence-corrected chi connectivity index (χ2v) is 12.6.